The number of thioether (sulfide) groups is 1. The summed E-state index contributed by atoms with van der Waals surface area (Å²) in [6, 6.07) is 10.8. The second-order valence-electron chi connectivity index (χ2n) is 9.98. The van der Waals surface area contributed by atoms with Gasteiger partial charge in [0.25, 0.3) is 5.91 Å². The fraction of sp³-hybridized carbons (Fsp3) is 0.233. The van der Waals surface area contributed by atoms with Gasteiger partial charge in [-0.3, -0.25) is 33.1 Å². The van der Waals surface area contributed by atoms with Crippen LogP contribution in [0.25, 0.3) is 0 Å². The number of anilines is 3. The Kier molecular flexibility index (Phi) is 10.8. The number of nitrogens with two attached hydrogens (primary N) is 1. The number of aromatic nitrogens is 3. The molecule has 5 amide bonds. The Morgan fingerprint density at radius 1 is 0.778 bits per heavy atom. The number of halogens is 1. The van der Waals surface area contributed by atoms with Crippen molar-refractivity contribution >= 4 is 70.3 Å². The molecule has 0 bridgehead atoms. The maximum atomic E-state index is 13.2. The van der Waals surface area contributed by atoms with Gasteiger partial charge in [0.15, 0.2) is 0 Å². The van der Waals surface area contributed by atoms with Crippen LogP contribution in [0, 0.1) is 0 Å². The van der Waals surface area contributed by atoms with Crippen LogP contribution in [0.4, 0.5) is 31.4 Å². The number of carbonyl (C=O) groups is 5. The van der Waals surface area contributed by atoms with Gasteiger partial charge >= 0.3 is 18.1 Å². The van der Waals surface area contributed by atoms with Crippen molar-refractivity contribution in [3.05, 3.63) is 85.2 Å². The molecule has 0 aliphatic heterocycles. The second kappa shape index (κ2) is 14.7. The molecule has 13 nitrogen and oxygen atoms in total. The standard InChI is InChI=1S/C30H33ClN8O5S/c1-34(13-11-26(32)40)28(42)38-15-9-23(19-38)36(3)30(44)39-16-10-24(20-39)35(2)29(43)37-14-8-22(18-37)33-27(41)21-4-6-25(7-5-21)45-17-12-31/h4-10,14-16,18-20H,11-13,17H2,1-3H3,(H2,32,40)(H,33,41). The lowest BCUT2D eigenvalue weighted by Crippen LogP contribution is -2.33. The predicted molar refractivity (Wildman–Crippen MR) is 175 cm³/mol. The molecule has 4 aromatic rings. The minimum absolute atomic E-state index is 0.0361. The molecule has 3 aromatic heterocycles. The third kappa shape index (κ3) is 8.16. The van der Waals surface area contributed by atoms with E-state index in [1.165, 1.54) is 65.6 Å². The van der Waals surface area contributed by atoms with Gasteiger partial charge < -0.3 is 16.0 Å². The van der Waals surface area contributed by atoms with E-state index in [4.69, 9.17) is 17.3 Å². The lowest BCUT2D eigenvalue weighted by Gasteiger charge is -2.18. The highest BCUT2D eigenvalue weighted by atomic mass is 35.5. The van der Waals surface area contributed by atoms with Crippen LogP contribution < -0.4 is 20.9 Å². The van der Waals surface area contributed by atoms with Gasteiger partial charge in [-0.1, -0.05) is 0 Å². The first kappa shape index (κ1) is 33.0. The van der Waals surface area contributed by atoms with E-state index in [0.717, 1.165) is 10.6 Å². The number of hydrogen-bond acceptors (Lipinski definition) is 6. The van der Waals surface area contributed by atoms with Crippen molar-refractivity contribution in [1.29, 1.82) is 0 Å². The van der Waals surface area contributed by atoms with Crippen LogP contribution >= 0.6 is 23.4 Å². The van der Waals surface area contributed by atoms with E-state index in [9.17, 15) is 24.0 Å². The molecule has 3 N–H and O–H groups in total. The predicted octanol–water partition coefficient (Wildman–Crippen LogP) is 4.66. The van der Waals surface area contributed by atoms with Crippen LogP contribution in [0.1, 0.15) is 16.8 Å². The molecule has 0 fully saturated rings. The van der Waals surface area contributed by atoms with Crippen LogP contribution in [-0.4, -0.2) is 87.8 Å². The molecule has 45 heavy (non-hydrogen) atoms. The molecule has 0 saturated carbocycles. The Labute approximate surface area is 269 Å². The van der Waals surface area contributed by atoms with E-state index >= 15 is 0 Å². The second-order valence-corrected chi connectivity index (χ2v) is 11.5. The third-order valence-electron chi connectivity index (χ3n) is 6.80. The number of primary amides is 1. The SMILES string of the molecule is CN(CCC(N)=O)C(=O)n1ccc(N(C)C(=O)n2ccc(N(C)C(=O)n3ccc(NC(=O)c4ccc(SCCCl)cc4)c3)c2)c1. The van der Waals surface area contributed by atoms with Crippen LogP contribution in [0.3, 0.4) is 0 Å². The first-order chi connectivity index (χ1) is 21.5. The summed E-state index contributed by atoms with van der Waals surface area (Å²) in [7, 11) is 4.68. The fourth-order valence-electron chi connectivity index (χ4n) is 4.19. The van der Waals surface area contributed by atoms with E-state index in [-0.39, 0.29) is 24.9 Å². The van der Waals surface area contributed by atoms with Crippen LogP contribution in [0.2, 0.25) is 0 Å². The van der Waals surface area contributed by atoms with E-state index in [0.29, 0.717) is 28.5 Å². The molecule has 15 heteroatoms. The van der Waals surface area contributed by atoms with E-state index < -0.39 is 18.0 Å². The lowest BCUT2D eigenvalue weighted by atomic mass is 10.2. The monoisotopic (exact) mass is 652 g/mol. The molecule has 236 valence electrons. The molecule has 4 rings (SSSR count). The van der Waals surface area contributed by atoms with Gasteiger partial charge in [-0.15, -0.1) is 23.4 Å². The number of carbonyl (C=O) groups excluding carboxylic acids is 5. The number of rotatable bonds is 10. The van der Waals surface area contributed by atoms with Gasteiger partial charge in [-0.2, -0.15) is 0 Å². The number of alkyl halides is 1. The van der Waals surface area contributed by atoms with Crippen LogP contribution in [0.5, 0.6) is 0 Å². The normalized spacial score (nSPS) is 10.8. The summed E-state index contributed by atoms with van der Waals surface area (Å²) < 4.78 is 3.95. The zero-order valence-electron chi connectivity index (χ0n) is 24.9. The fourth-order valence-corrected chi connectivity index (χ4v) is 5.07. The highest BCUT2D eigenvalue weighted by Gasteiger charge is 2.20. The maximum absolute atomic E-state index is 13.2. The highest BCUT2D eigenvalue weighted by molar-refractivity contribution is 7.99. The summed E-state index contributed by atoms with van der Waals surface area (Å²) in [6.45, 7) is 0.164. The third-order valence-corrected chi connectivity index (χ3v) is 8.23. The summed E-state index contributed by atoms with van der Waals surface area (Å²) in [5.41, 5.74) is 7.00. The average Bonchev–Trinajstić information content (AvgIpc) is 3.82. The average molecular weight is 653 g/mol. The van der Waals surface area contributed by atoms with Gasteiger partial charge in [-0.05, 0) is 42.5 Å². The van der Waals surface area contributed by atoms with Crippen molar-refractivity contribution in [1.82, 2.24) is 18.6 Å². The van der Waals surface area contributed by atoms with Crippen molar-refractivity contribution in [2.45, 2.75) is 11.3 Å². The first-order valence-electron chi connectivity index (χ1n) is 13.7. The number of hydrogen-bond donors (Lipinski definition) is 2. The molecular weight excluding hydrogens is 620 g/mol. The van der Waals surface area contributed by atoms with Crippen molar-refractivity contribution in [3.8, 4) is 0 Å². The molecule has 0 aliphatic carbocycles. The van der Waals surface area contributed by atoms with Crippen molar-refractivity contribution in [2.24, 2.45) is 5.73 Å². The van der Waals surface area contributed by atoms with Crippen molar-refractivity contribution in [3.63, 3.8) is 0 Å². The summed E-state index contributed by atoms with van der Waals surface area (Å²) in [6.07, 6.45) is 9.14. The molecule has 0 unspecified atom stereocenters. The largest absolute Gasteiger partial charge is 0.370 e. The number of nitrogens with one attached hydrogen (secondary N) is 1. The number of amides is 5. The van der Waals surface area contributed by atoms with E-state index in [1.807, 2.05) is 12.1 Å². The van der Waals surface area contributed by atoms with Crippen LogP contribution in [-0.2, 0) is 4.79 Å². The molecule has 0 atom stereocenters. The van der Waals surface area contributed by atoms with E-state index in [2.05, 4.69) is 5.32 Å². The molecule has 3 heterocycles. The molecular formula is C30H33ClN8O5S. The lowest BCUT2D eigenvalue weighted by molar-refractivity contribution is -0.118. The molecule has 1 aromatic carbocycles. The van der Waals surface area contributed by atoms with Gasteiger partial charge in [0.2, 0.25) is 5.91 Å². The summed E-state index contributed by atoms with van der Waals surface area (Å²) in [5, 5.41) is 2.79. The molecule has 0 aliphatic rings. The minimum Gasteiger partial charge on any atom is -0.370 e. The minimum atomic E-state index is -0.510. The topological polar surface area (TPSA) is 148 Å². The summed E-state index contributed by atoms with van der Waals surface area (Å²) in [5.74, 6) is 0.501. The van der Waals surface area contributed by atoms with Gasteiger partial charge in [0, 0.05) is 93.4 Å². The highest BCUT2D eigenvalue weighted by Crippen LogP contribution is 2.21. The van der Waals surface area contributed by atoms with Crippen LogP contribution in [0.15, 0.2) is 84.5 Å². The van der Waals surface area contributed by atoms with Crippen molar-refractivity contribution < 1.29 is 24.0 Å². The molecule has 0 radical (unpaired) electrons. The number of nitrogens with zero attached hydrogens (tertiary/aromatic N) is 6. The Balaban J connectivity index is 1.36. The van der Waals surface area contributed by atoms with E-state index in [1.54, 1.807) is 63.2 Å². The quantitative estimate of drug-likeness (QED) is 0.188. The zero-order chi connectivity index (χ0) is 32.7. The Morgan fingerprint density at radius 2 is 1.31 bits per heavy atom. The first-order valence-corrected chi connectivity index (χ1v) is 15.2. The zero-order valence-corrected chi connectivity index (χ0v) is 26.5. The molecule has 0 spiro atoms. The Morgan fingerprint density at radius 3 is 1.87 bits per heavy atom. The molecule has 0 saturated heterocycles. The smallest absolute Gasteiger partial charge is 0.332 e. The maximum Gasteiger partial charge on any atom is 0.332 e. The Hall–Kier alpha value is -4.95. The van der Waals surface area contributed by atoms with Gasteiger partial charge in [0.1, 0.15) is 0 Å². The summed E-state index contributed by atoms with van der Waals surface area (Å²) >= 11 is 7.33. The Bertz CT molecular complexity index is 1700. The van der Waals surface area contributed by atoms with Gasteiger partial charge in [-0.25, -0.2) is 14.4 Å². The number of benzene rings is 1. The van der Waals surface area contributed by atoms with Crippen molar-refractivity contribution in [2.75, 3.05) is 54.4 Å². The van der Waals surface area contributed by atoms with Gasteiger partial charge in [0.05, 0.1) is 17.1 Å². The summed E-state index contributed by atoms with van der Waals surface area (Å²) in [4.78, 5) is 67.8.